The molecule has 1 N–H and O–H groups in total. The third-order valence-corrected chi connectivity index (χ3v) is 5.71. The van der Waals surface area contributed by atoms with Gasteiger partial charge in [0.2, 0.25) is 5.91 Å². The Labute approximate surface area is 148 Å². The predicted octanol–water partition coefficient (Wildman–Crippen LogP) is 1.74. The fourth-order valence-electron chi connectivity index (χ4n) is 2.60. The highest BCUT2D eigenvalue weighted by molar-refractivity contribution is 7.91. The molecular formula is C16H15N3O6S. The molecule has 1 aliphatic heterocycles. The monoisotopic (exact) mass is 377 g/mol. The van der Waals surface area contributed by atoms with Crippen molar-refractivity contribution in [2.75, 3.05) is 11.5 Å². The molecule has 136 valence electrons. The molecule has 1 saturated heterocycles. The van der Waals surface area contributed by atoms with E-state index in [0.29, 0.717) is 23.5 Å². The number of sulfone groups is 1. The topological polar surface area (TPSA) is 132 Å². The van der Waals surface area contributed by atoms with Crippen molar-refractivity contribution in [2.24, 2.45) is 11.0 Å². The second-order valence-corrected chi connectivity index (χ2v) is 8.07. The first-order chi connectivity index (χ1) is 12.3. The molecule has 0 unspecified atom stereocenters. The van der Waals surface area contributed by atoms with E-state index in [2.05, 4.69) is 10.5 Å². The molecule has 0 saturated carbocycles. The lowest BCUT2D eigenvalue weighted by atomic mass is 10.1. The summed E-state index contributed by atoms with van der Waals surface area (Å²) in [6.45, 7) is 0. The highest BCUT2D eigenvalue weighted by atomic mass is 32.2. The van der Waals surface area contributed by atoms with Gasteiger partial charge in [0, 0.05) is 17.7 Å². The smallest absolute Gasteiger partial charge is 0.270 e. The number of hydrogen-bond donors (Lipinski definition) is 1. The van der Waals surface area contributed by atoms with Crippen LogP contribution in [-0.2, 0) is 14.6 Å². The van der Waals surface area contributed by atoms with Crippen molar-refractivity contribution in [3.05, 3.63) is 52.3 Å². The zero-order chi connectivity index (χ0) is 18.7. The Hall–Kier alpha value is -3.01. The van der Waals surface area contributed by atoms with Gasteiger partial charge in [-0.2, -0.15) is 5.10 Å². The van der Waals surface area contributed by atoms with E-state index in [4.69, 9.17) is 4.42 Å². The average Bonchev–Trinajstić information content (AvgIpc) is 3.21. The van der Waals surface area contributed by atoms with Crippen LogP contribution in [0.15, 0.2) is 45.9 Å². The van der Waals surface area contributed by atoms with E-state index in [1.807, 2.05) is 0 Å². The van der Waals surface area contributed by atoms with E-state index >= 15 is 0 Å². The number of nitrogens with one attached hydrogen (secondary N) is 1. The van der Waals surface area contributed by atoms with Crippen LogP contribution in [-0.4, -0.2) is 37.0 Å². The Kier molecular flexibility index (Phi) is 4.85. The Balaban J connectivity index is 1.63. The lowest BCUT2D eigenvalue weighted by Gasteiger charge is -2.04. The number of carbonyl (C=O) groups excluding carboxylic acids is 1. The second-order valence-electron chi connectivity index (χ2n) is 5.84. The van der Waals surface area contributed by atoms with Gasteiger partial charge in [-0.3, -0.25) is 14.9 Å². The van der Waals surface area contributed by atoms with Gasteiger partial charge in [0.25, 0.3) is 5.69 Å². The quantitative estimate of drug-likeness (QED) is 0.479. The standard InChI is InChI=1S/C16H15N3O6S/c20-16(12-6-7-26(23,24)10-12)18-17-9-14-4-5-15(25-14)11-2-1-3-13(8-11)19(21)22/h1-5,8-9,12H,6-7,10H2,(H,18,20)/b17-9-/t12-/m1/s1. The number of benzene rings is 1. The zero-order valence-electron chi connectivity index (χ0n) is 13.5. The third kappa shape index (κ3) is 4.14. The number of carbonyl (C=O) groups is 1. The Morgan fingerprint density at radius 3 is 2.85 bits per heavy atom. The van der Waals surface area contributed by atoms with Crippen molar-refractivity contribution in [1.82, 2.24) is 5.43 Å². The van der Waals surface area contributed by atoms with E-state index in [9.17, 15) is 23.3 Å². The van der Waals surface area contributed by atoms with Gasteiger partial charge in [0.15, 0.2) is 9.84 Å². The van der Waals surface area contributed by atoms with Crippen molar-refractivity contribution >= 4 is 27.6 Å². The lowest BCUT2D eigenvalue weighted by Crippen LogP contribution is -2.27. The largest absolute Gasteiger partial charge is 0.455 e. The molecule has 2 heterocycles. The first-order valence-electron chi connectivity index (χ1n) is 7.72. The summed E-state index contributed by atoms with van der Waals surface area (Å²) in [6.07, 6.45) is 1.57. The number of rotatable bonds is 5. The maximum Gasteiger partial charge on any atom is 0.270 e. The molecule has 3 rings (SSSR count). The number of amides is 1. The van der Waals surface area contributed by atoms with Crippen molar-refractivity contribution in [3.63, 3.8) is 0 Å². The molecule has 1 aromatic heterocycles. The Morgan fingerprint density at radius 1 is 1.35 bits per heavy atom. The molecule has 0 bridgehead atoms. The van der Waals surface area contributed by atoms with Gasteiger partial charge in [-0.05, 0) is 18.6 Å². The summed E-state index contributed by atoms with van der Waals surface area (Å²) in [4.78, 5) is 22.2. The summed E-state index contributed by atoms with van der Waals surface area (Å²) < 4.78 is 28.3. The van der Waals surface area contributed by atoms with Gasteiger partial charge >= 0.3 is 0 Å². The van der Waals surface area contributed by atoms with Crippen LogP contribution in [0.2, 0.25) is 0 Å². The van der Waals surface area contributed by atoms with Crippen LogP contribution in [0.1, 0.15) is 12.2 Å². The summed E-state index contributed by atoms with van der Waals surface area (Å²) >= 11 is 0. The number of nitrogens with zero attached hydrogens (tertiary/aromatic N) is 2. The van der Waals surface area contributed by atoms with E-state index in [1.54, 1.807) is 24.3 Å². The van der Waals surface area contributed by atoms with Crippen LogP contribution in [0.3, 0.4) is 0 Å². The molecule has 0 spiro atoms. The molecule has 9 nitrogen and oxygen atoms in total. The molecule has 0 radical (unpaired) electrons. The number of nitro benzene ring substituents is 1. The maximum absolute atomic E-state index is 11.9. The van der Waals surface area contributed by atoms with Gasteiger partial charge in [-0.15, -0.1) is 0 Å². The summed E-state index contributed by atoms with van der Waals surface area (Å²) in [5.74, 6) is -0.429. The highest BCUT2D eigenvalue weighted by Gasteiger charge is 2.32. The molecule has 1 amide bonds. The van der Waals surface area contributed by atoms with E-state index in [0.717, 1.165) is 0 Å². The van der Waals surface area contributed by atoms with Crippen molar-refractivity contribution in [3.8, 4) is 11.3 Å². The number of furan rings is 1. The first kappa shape index (κ1) is 17.8. The van der Waals surface area contributed by atoms with Gasteiger partial charge in [-0.1, -0.05) is 12.1 Å². The molecule has 1 fully saturated rings. The van der Waals surface area contributed by atoms with Gasteiger partial charge < -0.3 is 4.42 Å². The molecule has 1 atom stereocenters. The minimum absolute atomic E-state index is 0.0134. The molecule has 1 aliphatic rings. The average molecular weight is 377 g/mol. The highest BCUT2D eigenvalue weighted by Crippen LogP contribution is 2.25. The Bertz CT molecular complexity index is 979. The normalized spacial score (nSPS) is 18.8. The van der Waals surface area contributed by atoms with Crippen LogP contribution in [0.5, 0.6) is 0 Å². The maximum atomic E-state index is 11.9. The van der Waals surface area contributed by atoms with Gasteiger partial charge in [0.05, 0.1) is 28.6 Å². The Morgan fingerprint density at radius 2 is 2.15 bits per heavy atom. The molecule has 26 heavy (non-hydrogen) atoms. The minimum atomic E-state index is -3.13. The summed E-state index contributed by atoms with van der Waals surface area (Å²) in [6, 6.07) is 9.24. The molecule has 2 aromatic rings. The number of hydrogen-bond acceptors (Lipinski definition) is 7. The molecule has 1 aromatic carbocycles. The molecule has 10 heteroatoms. The van der Waals surface area contributed by atoms with Crippen LogP contribution in [0, 0.1) is 16.0 Å². The zero-order valence-corrected chi connectivity index (χ0v) is 14.3. The van der Waals surface area contributed by atoms with E-state index in [-0.39, 0.29) is 17.2 Å². The van der Waals surface area contributed by atoms with Gasteiger partial charge in [-0.25, -0.2) is 13.8 Å². The summed E-state index contributed by atoms with van der Waals surface area (Å²) in [7, 11) is -3.13. The van der Waals surface area contributed by atoms with Gasteiger partial charge in [0.1, 0.15) is 11.5 Å². The van der Waals surface area contributed by atoms with Crippen molar-refractivity contribution in [2.45, 2.75) is 6.42 Å². The van der Waals surface area contributed by atoms with Crippen LogP contribution in [0.25, 0.3) is 11.3 Å². The van der Waals surface area contributed by atoms with Crippen LogP contribution < -0.4 is 5.43 Å². The van der Waals surface area contributed by atoms with Crippen LogP contribution in [0.4, 0.5) is 5.69 Å². The fraction of sp³-hybridized carbons (Fsp3) is 0.250. The number of nitro groups is 1. The molecule has 0 aliphatic carbocycles. The molecular weight excluding hydrogens is 362 g/mol. The minimum Gasteiger partial charge on any atom is -0.455 e. The van der Waals surface area contributed by atoms with Crippen molar-refractivity contribution in [1.29, 1.82) is 0 Å². The van der Waals surface area contributed by atoms with Crippen molar-refractivity contribution < 1.29 is 22.6 Å². The fourth-order valence-corrected chi connectivity index (χ4v) is 4.34. The first-order valence-corrected chi connectivity index (χ1v) is 9.54. The SMILES string of the molecule is O=C(N/N=C\c1ccc(-c2cccc([N+](=O)[O-])c2)o1)[C@@H]1CCS(=O)(=O)C1. The summed E-state index contributed by atoms with van der Waals surface area (Å²) in [5, 5.41) is 14.6. The number of hydrazone groups is 1. The predicted molar refractivity (Wildman–Crippen MR) is 93.3 cm³/mol. The van der Waals surface area contributed by atoms with E-state index in [1.165, 1.54) is 18.3 Å². The van der Waals surface area contributed by atoms with E-state index < -0.39 is 26.6 Å². The lowest BCUT2D eigenvalue weighted by molar-refractivity contribution is -0.384. The summed E-state index contributed by atoms with van der Waals surface area (Å²) in [5.41, 5.74) is 2.79. The number of non-ortho nitro benzene ring substituents is 1. The second kappa shape index (κ2) is 7.08. The third-order valence-electron chi connectivity index (χ3n) is 3.94. The van der Waals surface area contributed by atoms with Crippen LogP contribution >= 0.6 is 0 Å².